The fourth-order valence-electron chi connectivity index (χ4n) is 3.30. The van der Waals surface area contributed by atoms with Crippen LogP contribution in [0, 0.1) is 5.92 Å². The summed E-state index contributed by atoms with van der Waals surface area (Å²) in [6, 6.07) is 6.58. The van der Waals surface area contributed by atoms with E-state index in [1.54, 1.807) is 0 Å². The molecule has 108 valence electrons. The van der Waals surface area contributed by atoms with Crippen LogP contribution in [-0.4, -0.2) is 16.2 Å². The molecule has 1 aliphatic carbocycles. The summed E-state index contributed by atoms with van der Waals surface area (Å²) in [6.45, 7) is 5.12. The van der Waals surface area contributed by atoms with Crippen LogP contribution in [0.3, 0.4) is 0 Å². The van der Waals surface area contributed by atoms with E-state index in [0.717, 1.165) is 23.2 Å². The Morgan fingerprint density at radius 2 is 2.25 bits per heavy atom. The van der Waals surface area contributed by atoms with Crippen molar-refractivity contribution >= 4 is 17.0 Å². The van der Waals surface area contributed by atoms with Crippen molar-refractivity contribution in [3.63, 3.8) is 0 Å². The zero-order valence-corrected chi connectivity index (χ0v) is 12.3. The number of hydrogen-bond donors (Lipinski definition) is 1. The van der Waals surface area contributed by atoms with Gasteiger partial charge in [0.2, 0.25) is 5.95 Å². The van der Waals surface area contributed by atoms with Gasteiger partial charge in [0.15, 0.2) is 0 Å². The van der Waals surface area contributed by atoms with Crippen LogP contribution in [0.1, 0.15) is 45.6 Å². The molecule has 0 amide bonds. The predicted octanol–water partition coefficient (Wildman–Crippen LogP) is 3.77. The molecule has 2 aromatic rings. The van der Waals surface area contributed by atoms with E-state index in [2.05, 4.69) is 29.5 Å². The molecule has 0 bridgehead atoms. The van der Waals surface area contributed by atoms with E-state index in [0.29, 0.717) is 24.5 Å². The first kappa shape index (κ1) is 13.3. The molecule has 1 heterocycles. The molecule has 2 N–H and O–H groups in total. The van der Waals surface area contributed by atoms with E-state index in [9.17, 15) is 0 Å². The smallest absolute Gasteiger partial charge is 0.201 e. The van der Waals surface area contributed by atoms with Crippen molar-refractivity contribution in [1.82, 2.24) is 9.55 Å². The normalized spacial score (nSPS) is 22.5. The topological polar surface area (TPSA) is 53.1 Å². The lowest BCUT2D eigenvalue weighted by Crippen LogP contribution is -2.14. The van der Waals surface area contributed by atoms with E-state index in [-0.39, 0.29) is 0 Å². The fourth-order valence-corrected chi connectivity index (χ4v) is 3.30. The number of ether oxygens (including phenoxy) is 1. The Balaban J connectivity index is 2.07. The highest BCUT2D eigenvalue weighted by atomic mass is 16.5. The van der Waals surface area contributed by atoms with Crippen molar-refractivity contribution in [3.8, 4) is 5.75 Å². The number of fused-ring (bicyclic) bond motifs is 1. The highest BCUT2D eigenvalue weighted by Gasteiger charge is 2.28. The average molecular weight is 273 g/mol. The number of nitrogens with two attached hydrogens (primary N) is 1. The monoisotopic (exact) mass is 273 g/mol. The summed E-state index contributed by atoms with van der Waals surface area (Å²) in [7, 11) is 0. The molecule has 1 fully saturated rings. The number of anilines is 1. The molecular weight excluding hydrogens is 250 g/mol. The van der Waals surface area contributed by atoms with E-state index < -0.39 is 0 Å². The van der Waals surface area contributed by atoms with Crippen LogP contribution in [0.4, 0.5) is 5.95 Å². The van der Waals surface area contributed by atoms with Crippen LogP contribution in [0.2, 0.25) is 0 Å². The molecule has 20 heavy (non-hydrogen) atoms. The molecule has 0 spiro atoms. The molecule has 1 aromatic heterocycles. The third-order valence-corrected chi connectivity index (χ3v) is 4.32. The highest BCUT2D eigenvalue weighted by Crippen LogP contribution is 2.40. The van der Waals surface area contributed by atoms with Gasteiger partial charge in [-0.05, 0) is 37.3 Å². The molecule has 1 saturated carbocycles. The number of hydrogen-bond acceptors (Lipinski definition) is 3. The maximum absolute atomic E-state index is 6.19. The predicted molar refractivity (Wildman–Crippen MR) is 82.0 cm³/mol. The molecule has 2 atom stereocenters. The van der Waals surface area contributed by atoms with Gasteiger partial charge in [0.1, 0.15) is 11.3 Å². The Hall–Kier alpha value is -1.71. The molecule has 4 heteroatoms. The van der Waals surface area contributed by atoms with Gasteiger partial charge in [-0.3, -0.25) is 0 Å². The van der Waals surface area contributed by atoms with Crippen molar-refractivity contribution < 1.29 is 4.74 Å². The van der Waals surface area contributed by atoms with Gasteiger partial charge in [-0.1, -0.05) is 26.3 Å². The molecule has 1 aromatic carbocycles. The molecule has 4 nitrogen and oxygen atoms in total. The molecule has 0 radical (unpaired) electrons. The Kier molecular flexibility index (Phi) is 3.55. The summed E-state index contributed by atoms with van der Waals surface area (Å²) >= 11 is 0. The maximum Gasteiger partial charge on any atom is 0.201 e. The minimum Gasteiger partial charge on any atom is -0.491 e. The van der Waals surface area contributed by atoms with E-state index in [1.807, 2.05) is 12.1 Å². The summed E-state index contributed by atoms with van der Waals surface area (Å²) in [6.07, 6.45) is 4.73. The lowest BCUT2D eigenvalue weighted by Gasteiger charge is -2.19. The van der Waals surface area contributed by atoms with E-state index in [4.69, 9.17) is 10.5 Å². The second kappa shape index (κ2) is 5.35. The summed E-state index contributed by atoms with van der Waals surface area (Å²) in [5, 5.41) is 0. The quantitative estimate of drug-likeness (QED) is 0.922. The summed E-state index contributed by atoms with van der Waals surface area (Å²) in [4.78, 5) is 4.56. The number of rotatable bonds is 4. The van der Waals surface area contributed by atoms with Crippen LogP contribution < -0.4 is 10.5 Å². The first-order chi connectivity index (χ1) is 9.72. The summed E-state index contributed by atoms with van der Waals surface area (Å²) < 4.78 is 8.01. The van der Waals surface area contributed by atoms with Gasteiger partial charge in [-0.25, -0.2) is 4.98 Å². The van der Waals surface area contributed by atoms with Gasteiger partial charge in [0.25, 0.3) is 0 Å². The van der Waals surface area contributed by atoms with Crippen molar-refractivity contribution in [1.29, 1.82) is 0 Å². The Labute approximate surface area is 119 Å². The van der Waals surface area contributed by atoms with Gasteiger partial charge in [0, 0.05) is 6.04 Å². The van der Waals surface area contributed by atoms with Crippen molar-refractivity contribution in [2.75, 3.05) is 12.3 Å². The van der Waals surface area contributed by atoms with Crippen LogP contribution in [-0.2, 0) is 0 Å². The van der Waals surface area contributed by atoms with Gasteiger partial charge < -0.3 is 15.0 Å². The third kappa shape index (κ3) is 2.13. The third-order valence-electron chi connectivity index (χ3n) is 4.32. The second-order valence-electron chi connectivity index (χ2n) is 5.79. The van der Waals surface area contributed by atoms with Crippen LogP contribution in [0.5, 0.6) is 5.75 Å². The van der Waals surface area contributed by atoms with Gasteiger partial charge in [0.05, 0.1) is 12.1 Å². The summed E-state index contributed by atoms with van der Waals surface area (Å²) in [5.74, 6) is 2.13. The highest BCUT2D eigenvalue weighted by molar-refractivity contribution is 5.84. The van der Waals surface area contributed by atoms with Crippen LogP contribution in [0.15, 0.2) is 18.2 Å². The molecular formula is C16H23N3O. The first-order valence-corrected chi connectivity index (χ1v) is 7.61. The SMILES string of the molecule is CCCOc1cccc2c1nc(N)n2C1CCCC1C. The molecule has 2 unspecified atom stereocenters. The van der Waals surface area contributed by atoms with Gasteiger partial charge >= 0.3 is 0 Å². The van der Waals surface area contributed by atoms with E-state index in [1.165, 1.54) is 19.3 Å². The van der Waals surface area contributed by atoms with E-state index >= 15 is 0 Å². The van der Waals surface area contributed by atoms with Gasteiger partial charge in [-0.2, -0.15) is 0 Å². The maximum atomic E-state index is 6.19. The van der Waals surface area contributed by atoms with Crippen molar-refractivity contribution in [3.05, 3.63) is 18.2 Å². The summed E-state index contributed by atoms with van der Waals surface area (Å²) in [5.41, 5.74) is 8.20. The Morgan fingerprint density at radius 3 is 2.95 bits per heavy atom. The number of nitrogens with zero attached hydrogens (tertiary/aromatic N) is 2. The number of benzene rings is 1. The second-order valence-corrected chi connectivity index (χ2v) is 5.79. The Morgan fingerprint density at radius 1 is 1.40 bits per heavy atom. The zero-order chi connectivity index (χ0) is 14.1. The van der Waals surface area contributed by atoms with Crippen molar-refractivity contribution in [2.45, 2.75) is 45.6 Å². The average Bonchev–Trinajstić information content (AvgIpc) is 2.99. The first-order valence-electron chi connectivity index (χ1n) is 7.61. The fraction of sp³-hybridized carbons (Fsp3) is 0.562. The number of imidazole rings is 1. The number of nitrogen functional groups attached to an aromatic ring is 1. The molecule has 3 rings (SSSR count). The Bertz CT molecular complexity index is 605. The van der Waals surface area contributed by atoms with Crippen molar-refractivity contribution in [2.24, 2.45) is 5.92 Å². The number of aromatic nitrogens is 2. The standard InChI is InChI=1S/C16H23N3O/c1-3-10-20-14-9-5-8-13-15(14)18-16(17)19(13)12-7-4-6-11(12)2/h5,8-9,11-12H,3-4,6-7,10H2,1-2H3,(H2,17,18). The minimum absolute atomic E-state index is 0.474. The van der Waals surface area contributed by atoms with Crippen LogP contribution in [0.25, 0.3) is 11.0 Å². The lowest BCUT2D eigenvalue weighted by atomic mass is 10.1. The number of para-hydroxylation sites is 1. The molecule has 0 aliphatic heterocycles. The molecule has 1 aliphatic rings. The zero-order valence-electron chi connectivity index (χ0n) is 12.3. The minimum atomic E-state index is 0.474. The molecule has 0 saturated heterocycles. The lowest BCUT2D eigenvalue weighted by molar-refractivity contribution is 0.320. The van der Waals surface area contributed by atoms with Crippen LogP contribution >= 0.6 is 0 Å². The largest absolute Gasteiger partial charge is 0.491 e. The van der Waals surface area contributed by atoms with Gasteiger partial charge in [-0.15, -0.1) is 0 Å².